The molecule has 1 aromatic heterocycles. The molecular formula is C19H22F3N3O2S. The van der Waals surface area contributed by atoms with E-state index >= 15 is 0 Å². The maximum absolute atomic E-state index is 13.4. The minimum absolute atomic E-state index is 0.215. The van der Waals surface area contributed by atoms with Gasteiger partial charge in [-0.1, -0.05) is 25.3 Å². The van der Waals surface area contributed by atoms with Crippen LogP contribution >= 0.6 is 0 Å². The summed E-state index contributed by atoms with van der Waals surface area (Å²) in [6.45, 7) is 0.290. The number of hydrogen-bond acceptors (Lipinski definition) is 3. The number of benzene rings is 1. The zero-order valence-corrected chi connectivity index (χ0v) is 16.3. The second-order valence-electron chi connectivity index (χ2n) is 7.03. The van der Waals surface area contributed by atoms with Crippen molar-refractivity contribution >= 4 is 22.4 Å². The highest BCUT2D eigenvalue weighted by molar-refractivity contribution is 7.84. The van der Waals surface area contributed by atoms with Crippen LogP contribution in [0.2, 0.25) is 0 Å². The van der Waals surface area contributed by atoms with Crippen molar-refractivity contribution in [3.05, 3.63) is 41.7 Å². The minimum atomic E-state index is -4.68. The van der Waals surface area contributed by atoms with Gasteiger partial charge in [-0.15, -0.1) is 0 Å². The van der Waals surface area contributed by atoms with Crippen LogP contribution in [0.1, 0.15) is 48.2 Å². The van der Waals surface area contributed by atoms with Gasteiger partial charge in [-0.3, -0.25) is 13.7 Å². The van der Waals surface area contributed by atoms with Crippen molar-refractivity contribution in [2.24, 2.45) is 5.92 Å². The first kappa shape index (κ1) is 20.6. The van der Waals surface area contributed by atoms with E-state index in [0.717, 1.165) is 38.3 Å². The number of alkyl halides is 3. The number of anilines is 1. The average Bonchev–Trinajstić information content (AvgIpc) is 3.07. The molecule has 1 heterocycles. The molecule has 1 fully saturated rings. The zero-order valence-electron chi connectivity index (χ0n) is 15.5. The maximum Gasteiger partial charge on any atom is 0.420 e. The third-order valence-electron chi connectivity index (χ3n) is 4.94. The highest BCUT2D eigenvalue weighted by Crippen LogP contribution is 2.33. The molecule has 1 aliphatic rings. The van der Waals surface area contributed by atoms with E-state index in [1.165, 1.54) is 17.0 Å². The van der Waals surface area contributed by atoms with E-state index in [-0.39, 0.29) is 18.2 Å². The molecule has 28 heavy (non-hydrogen) atoms. The predicted molar refractivity (Wildman–Crippen MR) is 101 cm³/mol. The van der Waals surface area contributed by atoms with Gasteiger partial charge >= 0.3 is 6.18 Å². The molecule has 1 aliphatic carbocycles. The number of aromatic nitrogens is 2. The van der Waals surface area contributed by atoms with Crippen LogP contribution in [0.15, 0.2) is 35.4 Å². The lowest BCUT2D eigenvalue weighted by Crippen LogP contribution is -2.24. The fourth-order valence-electron chi connectivity index (χ4n) is 3.53. The summed E-state index contributed by atoms with van der Waals surface area (Å²) in [5.41, 5.74) is -1.24. The smallest absolute Gasteiger partial charge is 0.321 e. The normalized spacial score (nSPS) is 16.7. The number of nitrogens with one attached hydrogen (secondary N) is 1. The van der Waals surface area contributed by atoms with Gasteiger partial charge in [0.1, 0.15) is 11.3 Å². The lowest BCUT2D eigenvalue weighted by molar-refractivity contribution is -0.138. The van der Waals surface area contributed by atoms with Crippen molar-refractivity contribution in [3.8, 4) is 0 Å². The molecule has 3 rings (SSSR count). The van der Waals surface area contributed by atoms with Crippen LogP contribution in [-0.4, -0.2) is 26.2 Å². The average molecular weight is 413 g/mol. The topological polar surface area (TPSA) is 64.0 Å². The standard InChI is InChI=1S/C19H22F3N3O2S/c1-28(27)15-9-5-8-14(10-15)24-18(26)17-16(19(20,21)22)11-23-25(17)12-13-6-3-2-4-7-13/h5,8-11,13H,2-4,6-7,12H2,1H3,(H,24,26). The first-order valence-corrected chi connectivity index (χ1v) is 10.7. The molecule has 0 bridgehead atoms. The molecule has 1 saturated carbocycles. The number of rotatable bonds is 5. The number of amides is 1. The number of halogens is 3. The van der Waals surface area contributed by atoms with E-state index in [2.05, 4.69) is 10.4 Å². The summed E-state index contributed by atoms with van der Waals surface area (Å²) in [5.74, 6) is -0.660. The molecule has 9 heteroatoms. The first-order chi connectivity index (χ1) is 13.3. The molecule has 152 valence electrons. The molecule has 0 saturated heterocycles. The molecule has 1 atom stereocenters. The maximum atomic E-state index is 13.4. The third kappa shape index (κ3) is 4.81. The Kier molecular flexibility index (Phi) is 6.22. The van der Waals surface area contributed by atoms with E-state index in [1.807, 2.05) is 0 Å². The van der Waals surface area contributed by atoms with Gasteiger partial charge in [0.15, 0.2) is 0 Å². The van der Waals surface area contributed by atoms with Gasteiger partial charge in [-0.05, 0) is 37.0 Å². The Morgan fingerprint density at radius 1 is 1.29 bits per heavy atom. The van der Waals surface area contributed by atoms with Crippen LogP contribution in [0.25, 0.3) is 0 Å². The SMILES string of the molecule is CS(=O)c1cccc(NC(=O)c2c(C(F)(F)F)cnn2CC2CCCCC2)c1. The van der Waals surface area contributed by atoms with Crippen molar-refractivity contribution in [1.82, 2.24) is 9.78 Å². The Bertz CT molecular complexity index is 874. The van der Waals surface area contributed by atoms with E-state index < -0.39 is 34.1 Å². The summed E-state index contributed by atoms with van der Waals surface area (Å²) < 4.78 is 53.1. The molecular weight excluding hydrogens is 391 g/mol. The zero-order chi connectivity index (χ0) is 20.3. The number of carbonyl (C=O) groups excluding carboxylic acids is 1. The van der Waals surface area contributed by atoms with Gasteiger partial charge in [0.05, 0.1) is 6.20 Å². The van der Waals surface area contributed by atoms with Gasteiger partial charge in [-0.2, -0.15) is 18.3 Å². The number of carbonyl (C=O) groups is 1. The minimum Gasteiger partial charge on any atom is -0.321 e. The van der Waals surface area contributed by atoms with Crippen molar-refractivity contribution in [1.29, 1.82) is 0 Å². The van der Waals surface area contributed by atoms with Crippen LogP contribution in [0.3, 0.4) is 0 Å². The molecule has 1 amide bonds. The second-order valence-corrected chi connectivity index (χ2v) is 8.41. The van der Waals surface area contributed by atoms with E-state index in [4.69, 9.17) is 0 Å². The highest BCUT2D eigenvalue weighted by atomic mass is 32.2. The van der Waals surface area contributed by atoms with Crippen molar-refractivity contribution in [2.45, 2.75) is 49.7 Å². The van der Waals surface area contributed by atoms with E-state index in [9.17, 15) is 22.2 Å². The molecule has 0 radical (unpaired) electrons. The van der Waals surface area contributed by atoms with Gasteiger partial charge in [0, 0.05) is 34.2 Å². The Hall–Kier alpha value is -2.16. The molecule has 1 aromatic carbocycles. The third-order valence-corrected chi connectivity index (χ3v) is 5.86. The molecule has 0 aliphatic heterocycles. The van der Waals surface area contributed by atoms with Crippen LogP contribution in [-0.2, 0) is 23.5 Å². The quantitative estimate of drug-likeness (QED) is 0.787. The van der Waals surface area contributed by atoms with Gasteiger partial charge in [-0.25, -0.2) is 0 Å². The van der Waals surface area contributed by atoms with Gasteiger partial charge < -0.3 is 5.32 Å². The molecule has 1 N–H and O–H groups in total. The predicted octanol–water partition coefficient (Wildman–Crippen LogP) is 4.47. The van der Waals surface area contributed by atoms with Gasteiger partial charge in [0.25, 0.3) is 5.91 Å². The first-order valence-electron chi connectivity index (χ1n) is 9.13. The highest BCUT2D eigenvalue weighted by Gasteiger charge is 2.39. The monoisotopic (exact) mass is 413 g/mol. The fraction of sp³-hybridized carbons (Fsp3) is 0.474. The van der Waals surface area contributed by atoms with E-state index in [1.54, 1.807) is 18.2 Å². The van der Waals surface area contributed by atoms with Crippen LogP contribution in [0.5, 0.6) is 0 Å². The van der Waals surface area contributed by atoms with Crippen LogP contribution < -0.4 is 5.32 Å². The molecule has 2 aromatic rings. The molecule has 0 spiro atoms. The summed E-state index contributed by atoms with van der Waals surface area (Å²) in [6.07, 6.45) is 2.59. The summed E-state index contributed by atoms with van der Waals surface area (Å²) >= 11 is 0. The summed E-state index contributed by atoms with van der Waals surface area (Å²) in [7, 11) is -1.27. The van der Waals surface area contributed by atoms with Crippen LogP contribution in [0, 0.1) is 5.92 Å². The van der Waals surface area contributed by atoms with Crippen molar-refractivity contribution in [3.63, 3.8) is 0 Å². The van der Waals surface area contributed by atoms with E-state index in [0.29, 0.717) is 4.90 Å². The number of nitrogens with zero attached hydrogens (tertiary/aromatic N) is 2. The summed E-state index contributed by atoms with van der Waals surface area (Å²) in [5, 5.41) is 6.37. The molecule has 1 unspecified atom stereocenters. The van der Waals surface area contributed by atoms with Crippen LogP contribution in [0.4, 0.5) is 18.9 Å². The lowest BCUT2D eigenvalue weighted by Gasteiger charge is -2.22. The summed E-state index contributed by atoms with van der Waals surface area (Å²) in [4.78, 5) is 13.2. The number of hydrogen-bond donors (Lipinski definition) is 1. The summed E-state index contributed by atoms with van der Waals surface area (Å²) in [6, 6.07) is 6.25. The Balaban J connectivity index is 1.89. The lowest BCUT2D eigenvalue weighted by atomic mass is 9.89. The second kappa shape index (κ2) is 8.46. The van der Waals surface area contributed by atoms with Crippen molar-refractivity contribution < 1.29 is 22.2 Å². The molecule has 5 nitrogen and oxygen atoms in total. The van der Waals surface area contributed by atoms with Gasteiger partial charge in [0.2, 0.25) is 0 Å². The Labute approximate surface area is 163 Å². The van der Waals surface area contributed by atoms with Crippen molar-refractivity contribution in [2.75, 3.05) is 11.6 Å². The Morgan fingerprint density at radius 2 is 2.00 bits per heavy atom. The Morgan fingerprint density at radius 3 is 2.64 bits per heavy atom. The largest absolute Gasteiger partial charge is 0.420 e. The fourth-order valence-corrected chi connectivity index (χ4v) is 4.09.